The summed E-state index contributed by atoms with van der Waals surface area (Å²) in [7, 11) is 7.32. The number of thiazole rings is 1. The minimum absolute atomic E-state index is 0.0377. The summed E-state index contributed by atoms with van der Waals surface area (Å²) in [5.41, 5.74) is 2.11. The predicted molar refractivity (Wildman–Crippen MR) is 178 cm³/mol. The third kappa shape index (κ3) is 8.59. The summed E-state index contributed by atoms with van der Waals surface area (Å²) < 4.78 is 3.17. The van der Waals surface area contributed by atoms with Crippen molar-refractivity contribution in [1.82, 2.24) is 24.3 Å². The predicted octanol–water partition coefficient (Wildman–Crippen LogP) is 5.04. The molecule has 0 spiro atoms. The lowest BCUT2D eigenvalue weighted by atomic mass is 10.1. The van der Waals surface area contributed by atoms with Gasteiger partial charge in [-0.3, -0.25) is 24.5 Å². The maximum absolute atomic E-state index is 13.2. The number of aryl methyl sites for hydroxylation is 2. The van der Waals surface area contributed by atoms with Crippen LogP contribution in [0.15, 0.2) is 48.8 Å². The van der Waals surface area contributed by atoms with Crippen molar-refractivity contribution < 1.29 is 19.2 Å². The maximum atomic E-state index is 13.2. The molecular formula is C31H37ClN8O4S. The molecule has 45 heavy (non-hydrogen) atoms. The molecule has 0 aliphatic heterocycles. The first kappa shape index (κ1) is 33.4. The number of nitrogens with zero attached hydrogens (tertiary/aromatic N) is 4. The highest BCUT2D eigenvalue weighted by Gasteiger charge is 2.23. The molecule has 0 saturated heterocycles. The van der Waals surface area contributed by atoms with Gasteiger partial charge in [0.15, 0.2) is 5.13 Å². The highest BCUT2D eigenvalue weighted by Crippen LogP contribution is 2.30. The van der Waals surface area contributed by atoms with Crippen LogP contribution in [-0.4, -0.2) is 69.8 Å². The normalized spacial score (nSPS) is 11.1. The van der Waals surface area contributed by atoms with Crippen molar-refractivity contribution in [2.24, 2.45) is 14.1 Å². The van der Waals surface area contributed by atoms with Crippen molar-refractivity contribution in [3.8, 4) is 0 Å². The topological polar surface area (TPSA) is 142 Å². The molecule has 0 saturated carbocycles. The lowest BCUT2D eigenvalue weighted by molar-refractivity contribution is 0.0944. The van der Waals surface area contributed by atoms with E-state index in [2.05, 4.69) is 26.3 Å². The zero-order valence-corrected chi connectivity index (χ0v) is 27.6. The summed E-state index contributed by atoms with van der Waals surface area (Å²) in [5.74, 6) is -1.46. The molecule has 14 heteroatoms. The lowest BCUT2D eigenvalue weighted by Crippen LogP contribution is -2.28. The average molecular weight is 653 g/mol. The van der Waals surface area contributed by atoms with Crippen molar-refractivity contribution in [1.29, 1.82) is 0 Å². The lowest BCUT2D eigenvalue weighted by Gasteiger charge is -2.10. The Kier molecular flexibility index (Phi) is 10.8. The Hall–Kier alpha value is -4.46. The minimum Gasteiger partial charge on any atom is -0.351 e. The fourth-order valence-corrected chi connectivity index (χ4v) is 5.68. The Labute approximate surface area is 270 Å². The van der Waals surface area contributed by atoms with Gasteiger partial charge in [-0.1, -0.05) is 31.5 Å². The molecule has 238 valence electrons. The van der Waals surface area contributed by atoms with Crippen molar-refractivity contribution >= 4 is 63.1 Å². The van der Waals surface area contributed by atoms with Crippen molar-refractivity contribution in [2.45, 2.75) is 26.2 Å². The van der Waals surface area contributed by atoms with Crippen molar-refractivity contribution in [2.75, 3.05) is 43.1 Å². The molecule has 0 bridgehead atoms. The fraction of sp³-hybridized carbons (Fsp3) is 0.323. The van der Waals surface area contributed by atoms with Gasteiger partial charge in [-0.2, -0.15) is 0 Å². The van der Waals surface area contributed by atoms with Crippen LogP contribution in [0.5, 0.6) is 0 Å². The van der Waals surface area contributed by atoms with E-state index in [-0.39, 0.29) is 23.4 Å². The molecule has 4 aromatic rings. The molecule has 0 atom stereocenters. The Morgan fingerprint density at radius 1 is 0.889 bits per heavy atom. The average Bonchev–Trinajstić information content (AvgIpc) is 3.67. The smallest absolute Gasteiger partial charge is 0.274 e. The summed E-state index contributed by atoms with van der Waals surface area (Å²) >= 11 is 7.25. The number of carbonyl (C=O) groups is 4. The zero-order chi connectivity index (χ0) is 32.8. The van der Waals surface area contributed by atoms with Gasteiger partial charge in [-0.05, 0) is 63.3 Å². The van der Waals surface area contributed by atoms with Crippen LogP contribution in [0, 0.1) is 0 Å². The quantitative estimate of drug-likeness (QED) is 0.158. The number of anilines is 3. The molecule has 1 aromatic carbocycles. The van der Waals surface area contributed by atoms with Crippen LogP contribution in [0.25, 0.3) is 0 Å². The Balaban J connectivity index is 1.41. The summed E-state index contributed by atoms with van der Waals surface area (Å²) in [6, 6.07) is 9.66. The van der Waals surface area contributed by atoms with Gasteiger partial charge in [0.05, 0.1) is 11.4 Å². The molecule has 0 aliphatic carbocycles. The molecule has 0 aliphatic rings. The Bertz CT molecular complexity index is 1720. The summed E-state index contributed by atoms with van der Waals surface area (Å²) in [6.07, 6.45) is 4.05. The van der Waals surface area contributed by atoms with Gasteiger partial charge in [0.25, 0.3) is 23.6 Å². The van der Waals surface area contributed by atoms with Crippen LogP contribution in [0.2, 0.25) is 5.02 Å². The largest absolute Gasteiger partial charge is 0.351 e. The second kappa shape index (κ2) is 14.5. The van der Waals surface area contributed by atoms with E-state index in [1.807, 2.05) is 32.8 Å². The van der Waals surface area contributed by atoms with E-state index in [0.717, 1.165) is 17.8 Å². The van der Waals surface area contributed by atoms with Crippen LogP contribution in [0.1, 0.15) is 72.9 Å². The molecule has 3 heterocycles. The fourth-order valence-electron chi connectivity index (χ4n) is 4.53. The number of amides is 4. The number of benzene rings is 1. The standard InChI is InChI=1S/C31H37ClN8O4S/c1-18(2)26-25(30(44)33-11-8-12-38(3)4)36-31(45-26)37-29(43)24-15-22(17-40(24)6)35-28(42)23-14-21(16-39(23)5)34-27(41)19-9-7-10-20(32)13-19/h7,9-10,13-18H,8,11-12H2,1-6H3,(H,33,44)(H,34,41)(H,35,42)(H,36,37,43). The second-order valence-electron chi connectivity index (χ2n) is 11.1. The SMILES string of the molecule is CC(C)c1sc(NC(=O)c2cc(NC(=O)c3cc(NC(=O)c4cccc(Cl)c4)cn3C)cn2C)nc1C(=O)NCCCN(C)C. The van der Waals surface area contributed by atoms with E-state index in [9.17, 15) is 19.2 Å². The van der Waals surface area contributed by atoms with Crippen LogP contribution in [0.4, 0.5) is 16.5 Å². The van der Waals surface area contributed by atoms with Gasteiger partial charge in [0, 0.05) is 48.5 Å². The number of nitrogens with one attached hydrogen (secondary N) is 4. The minimum atomic E-state index is -0.440. The van der Waals surface area contributed by atoms with Crippen molar-refractivity contribution in [3.05, 3.63) is 81.3 Å². The first-order valence-corrected chi connectivity index (χ1v) is 15.5. The van der Waals surface area contributed by atoms with Crippen LogP contribution >= 0.6 is 22.9 Å². The maximum Gasteiger partial charge on any atom is 0.274 e. The van der Waals surface area contributed by atoms with E-state index >= 15 is 0 Å². The number of rotatable bonds is 12. The highest BCUT2D eigenvalue weighted by atomic mass is 35.5. The van der Waals surface area contributed by atoms with E-state index in [0.29, 0.717) is 45.0 Å². The number of hydrogen-bond donors (Lipinski definition) is 4. The van der Waals surface area contributed by atoms with E-state index in [4.69, 9.17) is 11.6 Å². The van der Waals surface area contributed by atoms with E-state index < -0.39 is 11.8 Å². The van der Waals surface area contributed by atoms with Crippen molar-refractivity contribution in [3.63, 3.8) is 0 Å². The van der Waals surface area contributed by atoms with E-state index in [1.54, 1.807) is 72.0 Å². The molecule has 0 fully saturated rings. The summed E-state index contributed by atoms with van der Waals surface area (Å²) in [5, 5.41) is 12.0. The van der Waals surface area contributed by atoms with Gasteiger partial charge in [0.2, 0.25) is 0 Å². The third-order valence-corrected chi connectivity index (χ3v) is 8.27. The third-order valence-electron chi connectivity index (χ3n) is 6.76. The van der Waals surface area contributed by atoms with Crippen LogP contribution in [0.3, 0.4) is 0 Å². The summed E-state index contributed by atoms with van der Waals surface area (Å²) in [4.78, 5) is 59.0. The zero-order valence-electron chi connectivity index (χ0n) is 26.0. The molecular weight excluding hydrogens is 616 g/mol. The van der Waals surface area contributed by atoms with Gasteiger partial charge >= 0.3 is 0 Å². The summed E-state index contributed by atoms with van der Waals surface area (Å²) in [6.45, 7) is 5.31. The molecule has 0 radical (unpaired) electrons. The molecule has 4 rings (SSSR count). The monoisotopic (exact) mass is 652 g/mol. The number of carbonyl (C=O) groups excluding carboxylic acids is 4. The van der Waals surface area contributed by atoms with Crippen LogP contribution in [-0.2, 0) is 14.1 Å². The number of aromatic nitrogens is 3. The van der Waals surface area contributed by atoms with Gasteiger partial charge in [-0.25, -0.2) is 4.98 Å². The Morgan fingerprint density at radius 2 is 1.49 bits per heavy atom. The number of hydrogen-bond acceptors (Lipinski definition) is 7. The van der Waals surface area contributed by atoms with Gasteiger partial charge in [0.1, 0.15) is 17.1 Å². The molecule has 4 amide bonds. The molecule has 3 aromatic heterocycles. The van der Waals surface area contributed by atoms with E-state index in [1.165, 1.54) is 11.3 Å². The van der Waals surface area contributed by atoms with Gasteiger partial charge in [-0.15, -0.1) is 11.3 Å². The Morgan fingerprint density at radius 3 is 2.07 bits per heavy atom. The van der Waals surface area contributed by atoms with Crippen LogP contribution < -0.4 is 21.3 Å². The highest BCUT2D eigenvalue weighted by molar-refractivity contribution is 7.16. The first-order chi connectivity index (χ1) is 21.3. The molecule has 0 unspecified atom stereocenters. The first-order valence-electron chi connectivity index (χ1n) is 14.3. The van der Waals surface area contributed by atoms with Gasteiger partial charge < -0.3 is 30.0 Å². The number of halogens is 1. The molecule has 4 N–H and O–H groups in total. The molecule has 12 nitrogen and oxygen atoms in total. The second-order valence-corrected chi connectivity index (χ2v) is 12.6.